The zero-order valence-electron chi connectivity index (χ0n) is 23.8. The Morgan fingerprint density at radius 2 is 1.68 bits per heavy atom. The summed E-state index contributed by atoms with van der Waals surface area (Å²) in [4.78, 5) is 42.0. The van der Waals surface area contributed by atoms with Gasteiger partial charge in [0.05, 0.1) is 7.11 Å². The highest BCUT2D eigenvalue weighted by Crippen LogP contribution is 2.29. The fraction of sp³-hybridized carbons (Fsp3) is 0.433. The summed E-state index contributed by atoms with van der Waals surface area (Å²) in [5.74, 6) is -0.419. The summed E-state index contributed by atoms with van der Waals surface area (Å²) in [6.07, 6.45) is 0.871. The van der Waals surface area contributed by atoms with Crippen molar-refractivity contribution in [2.75, 3.05) is 19.0 Å². The summed E-state index contributed by atoms with van der Waals surface area (Å²) in [5, 5.41) is 5.65. The van der Waals surface area contributed by atoms with E-state index in [2.05, 4.69) is 17.2 Å². The maximum Gasteiger partial charge on any atom is 0.408 e. The molecule has 0 aliphatic heterocycles. The number of hydrogen-bond acceptors (Lipinski definition) is 5. The van der Waals surface area contributed by atoms with Gasteiger partial charge in [0.1, 0.15) is 23.4 Å². The molecule has 2 atom stereocenters. The summed E-state index contributed by atoms with van der Waals surface area (Å²) in [7, 11) is 1.57. The molecule has 2 N–H and O–H groups in total. The summed E-state index contributed by atoms with van der Waals surface area (Å²) in [6.45, 7) is 16.7. The number of carbonyl (C=O) groups excluding carboxylic acids is 3. The number of amides is 3. The van der Waals surface area contributed by atoms with E-state index < -0.39 is 29.7 Å². The molecule has 2 aromatic carbocycles. The lowest BCUT2D eigenvalue weighted by Crippen LogP contribution is -2.54. The maximum absolute atomic E-state index is 14.0. The van der Waals surface area contributed by atoms with Gasteiger partial charge in [-0.2, -0.15) is 0 Å². The monoisotopic (exact) mass is 523 g/mol. The van der Waals surface area contributed by atoms with E-state index in [1.807, 2.05) is 45.9 Å². The van der Waals surface area contributed by atoms with Crippen molar-refractivity contribution in [2.45, 2.75) is 66.2 Å². The minimum Gasteiger partial charge on any atom is -0.497 e. The smallest absolute Gasteiger partial charge is 0.408 e. The maximum atomic E-state index is 14.0. The van der Waals surface area contributed by atoms with E-state index in [0.29, 0.717) is 17.0 Å². The number of carbonyl (C=O) groups is 3. The van der Waals surface area contributed by atoms with Crippen LogP contribution in [0.1, 0.15) is 57.4 Å². The Labute approximate surface area is 226 Å². The highest BCUT2D eigenvalue weighted by Gasteiger charge is 2.37. The lowest BCUT2D eigenvalue weighted by Gasteiger charge is -2.35. The van der Waals surface area contributed by atoms with Gasteiger partial charge in [-0.05, 0) is 75.9 Å². The first kappa shape index (κ1) is 30.4. The summed E-state index contributed by atoms with van der Waals surface area (Å²) in [6, 6.07) is 10.8. The average Bonchev–Trinajstić information content (AvgIpc) is 2.83. The van der Waals surface area contributed by atoms with Crippen LogP contribution >= 0.6 is 0 Å². The fourth-order valence-electron chi connectivity index (χ4n) is 3.98. The molecule has 206 valence electrons. The highest BCUT2D eigenvalue weighted by molar-refractivity contribution is 5.99. The number of anilines is 1. The van der Waals surface area contributed by atoms with Crippen LogP contribution in [0, 0.1) is 19.8 Å². The average molecular weight is 524 g/mol. The van der Waals surface area contributed by atoms with Crippen molar-refractivity contribution in [3.8, 4) is 5.75 Å². The zero-order valence-corrected chi connectivity index (χ0v) is 23.8. The van der Waals surface area contributed by atoms with Gasteiger partial charge < -0.3 is 25.0 Å². The Morgan fingerprint density at radius 3 is 2.21 bits per heavy atom. The largest absolute Gasteiger partial charge is 0.497 e. The van der Waals surface area contributed by atoms with E-state index in [9.17, 15) is 14.4 Å². The molecule has 0 aliphatic rings. The van der Waals surface area contributed by atoms with Gasteiger partial charge >= 0.3 is 6.09 Å². The van der Waals surface area contributed by atoms with Crippen molar-refractivity contribution in [3.63, 3.8) is 0 Å². The second kappa shape index (κ2) is 13.1. The van der Waals surface area contributed by atoms with Crippen LogP contribution in [-0.2, 0) is 14.3 Å². The number of ether oxygens (including phenoxy) is 2. The van der Waals surface area contributed by atoms with Crippen molar-refractivity contribution < 1.29 is 23.9 Å². The molecule has 8 nitrogen and oxygen atoms in total. The topological polar surface area (TPSA) is 97.0 Å². The molecule has 0 radical (unpaired) electrons. The van der Waals surface area contributed by atoms with Gasteiger partial charge in [-0.1, -0.05) is 43.7 Å². The van der Waals surface area contributed by atoms with Crippen LogP contribution in [-0.4, -0.2) is 48.1 Å². The molecule has 0 saturated carbocycles. The Morgan fingerprint density at radius 1 is 1.05 bits per heavy atom. The predicted octanol–water partition coefficient (Wildman–Crippen LogP) is 5.56. The third kappa shape index (κ3) is 8.36. The molecule has 0 fully saturated rings. The first-order valence-corrected chi connectivity index (χ1v) is 12.7. The van der Waals surface area contributed by atoms with Crippen LogP contribution in [0.3, 0.4) is 0 Å². The molecule has 2 aromatic rings. The first-order chi connectivity index (χ1) is 17.8. The lowest BCUT2D eigenvalue weighted by atomic mass is 9.94. The molecule has 0 bridgehead atoms. The van der Waals surface area contributed by atoms with Crippen molar-refractivity contribution in [1.82, 2.24) is 10.2 Å². The van der Waals surface area contributed by atoms with Gasteiger partial charge in [0.2, 0.25) is 5.91 Å². The van der Waals surface area contributed by atoms with Crippen molar-refractivity contribution in [2.24, 2.45) is 5.92 Å². The zero-order chi connectivity index (χ0) is 28.6. The molecule has 8 heteroatoms. The van der Waals surface area contributed by atoms with E-state index in [1.165, 1.54) is 4.90 Å². The number of alkyl carbamates (subject to hydrolysis) is 1. The van der Waals surface area contributed by atoms with Crippen molar-refractivity contribution in [1.29, 1.82) is 0 Å². The minimum absolute atomic E-state index is 0.0894. The van der Waals surface area contributed by atoms with Gasteiger partial charge in [0.15, 0.2) is 0 Å². The van der Waals surface area contributed by atoms with Crippen LogP contribution in [0.15, 0.2) is 55.1 Å². The number of benzene rings is 2. The van der Waals surface area contributed by atoms with Crippen molar-refractivity contribution >= 4 is 23.6 Å². The van der Waals surface area contributed by atoms with Crippen LogP contribution < -0.4 is 15.4 Å². The minimum atomic E-state index is -0.982. The quantitative estimate of drug-likeness (QED) is 0.398. The van der Waals surface area contributed by atoms with Gasteiger partial charge in [-0.3, -0.25) is 9.59 Å². The van der Waals surface area contributed by atoms with Gasteiger partial charge in [0, 0.05) is 12.2 Å². The molecule has 0 aromatic heterocycles. The molecule has 38 heavy (non-hydrogen) atoms. The number of rotatable bonds is 10. The summed E-state index contributed by atoms with van der Waals surface area (Å²) >= 11 is 0. The number of methoxy groups -OCH3 is 1. The van der Waals surface area contributed by atoms with Gasteiger partial charge in [-0.15, -0.1) is 6.58 Å². The molecule has 0 saturated heterocycles. The van der Waals surface area contributed by atoms with E-state index in [1.54, 1.807) is 58.2 Å². The van der Waals surface area contributed by atoms with E-state index >= 15 is 0 Å². The van der Waals surface area contributed by atoms with Gasteiger partial charge in [-0.25, -0.2) is 4.79 Å². The van der Waals surface area contributed by atoms with E-state index in [-0.39, 0.29) is 18.4 Å². The molecular weight excluding hydrogens is 482 g/mol. The molecule has 0 heterocycles. The molecule has 0 spiro atoms. The Hall–Kier alpha value is -3.81. The molecular formula is C30H41N3O5. The molecule has 3 amide bonds. The molecule has 2 rings (SSSR count). The number of aryl methyl sites for hydroxylation is 2. The normalized spacial score (nSPS) is 12.8. The Bertz CT molecular complexity index is 1140. The number of nitrogens with zero attached hydrogens (tertiary/aromatic N) is 1. The van der Waals surface area contributed by atoms with E-state index in [4.69, 9.17) is 9.47 Å². The fourth-order valence-corrected chi connectivity index (χ4v) is 3.98. The molecule has 0 aliphatic carbocycles. The second-order valence-corrected chi connectivity index (χ2v) is 10.6. The van der Waals surface area contributed by atoms with Crippen LogP contribution in [0.4, 0.5) is 10.5 Å². The summed E-state index contributed by atoms with van der Waals surface area (Å²) < 4.78 is 10.6. The van der Waals surface area contributed by atoms with Crippen molar-refractivity contribution in [3.05, 3.63) is 71.8 Å². The number of nitrogens with one attached hydrogen (secondary N) is 2. The van der Waals surface area contributed by atoms with Crippen LogP contribution in [0.25, 0.3) is 0 Å². The van der Waals surface area contributed by atoms with Crippen LogP contribution in [0.5, 0.6) is 5.75 Å². The summed E-state index contributed by atoms with van der Waals surface area (Å²) in [5.41, 5.74) is 2.32. The second-order valence-electron chi connectivity index (χ2n) is 10.6. The Balaban J connectivity index is 2.54. The predicted molar refractivity (Wildman–Crippen MR) is 150 cm³/mol. The Kier molecular flexibility index (Phi) is 10.5. The third-order valence-corrected chi connectivity index (χ3v) is 5.86. The standard InChI is InChI=1S/C30H41N3O5/c1-10-17-33(28(35)25(19(2)3)32-29(36)38-30(6,7)8)26(24-18-20(4)11-12-21(24)5)27(34)31-22-13-15-23(37-9)16-14-22/h10-16,18-19,25-26H,1,17H2,2-9H3,(H,31,34)(H,32,36). The van der Waals surface area contributed by atoms with Crippen LogP contribution in [0.2, 0.25) is 0 Å². The number of hydrogen-bond donors (Lipinski definition) is 2. The molecule has 2 unspecified atom stereocenters. The lowest BCUT2D eigenvalue weighted by molar-refractivity contribution is -0.141. The van der Waals surface area contributed by atoms with E-state index in [0.717, 1.165) is 11.1 Å². The SMILES string of the molecule is C=CCN(C(=O)C(NC(=O)OC(C)(C)C)C(C)C)C(C(=O)Nc1ccc(OC)cc1)c1cc(C)ccc1C. The van der Waals surface area contributed by atoms with Gasteiger partial charge in [0.25, 0.3) is 5.91 Å². The third-order valence-electron chi connectivity index (χ3n) is 5.86. The highest BCUT2D eigenvalue weighted by atomic mass is 16.6. The first-order valence-electron chi connectivity index (χ1n) is 12.7.